The first-order chi connectivity index (χ1) is 21.4. The fourth-order valence-corrected chi connectivity index (χ4v) is 3.83. The monoisotopic (exact) mass is 635 g/mol. The van der Waals surface area contributed by atoms with Crippen LogP contribution in [0.1, 0.15) is 46.0 Å². The number of nitrogens with one attached hydrogen (secondary N) is 4. The topological polar surface area (TPSA) is 243 Å². The van der Waals surface area contributed by atoms with Crippen LogP contribution in [0.15, 0.2) is 24.3 Å². The van der Waals surface area contributed by atoms with Crippen LogP contribution in [0.5, 0.6) is 0 Å². The Morgan fingerprint density at radius 2 is 1.16 bits per heavy atom. The van der Waals surface area contributed by atoms with Gasteiger partial charge < -0.3 is 31.7 Å². The minimum Gasteiger partial charge on any atom is -0.381 e. The molecule has 2 rings (SSSR count). The molecule has 0 aromatic carbocycles. The van der Waals surface area contributed by atoms with E-state index in [1.165, 1.54) is 12.2 Å². The van der Waals surface area contributed by atoms with E-state index in [2.05, 4.69) is 21.3 Å². The number of hydrogen-bond donors (Lipinski definition) is 5. The van der Waals surface area contributed by atoms with Crippen LogP contribution < -0.4 is 27.0 Å². The lowest BCUT2D eigenvalue weighted by Crippen LogP contribution is -2.43. The lowest BCUT2D eigenvalue weighted by atomic mass is 10.1. The summed E-state index contributed by atoms with van der Waals surface area (Å²) in [5.74, 6) is -3.58. The highest BCUT2D eigenvalue weighted by Crippen LogP contribution is 2.05. The van der Waals surface area contributed by atoms with Crippen LogP contribution in [0.25, 0.3) is 0 Å². The molecule has 17 nitrogen and oxygen atoms in total. The quantitative estimate of drug-likeness (QED) is 0.0718. The largest absolute Gasteiger partial charge is 0.381 e. The van der Waals surface area contributed by atoms with Crippen molar-refractivity contribution in [3.05, 3.63) is 24.3 Å². The average molecular weight is 636 g/mol. The number of amides is 9. The van der Waals surface area contributed by atoms with Crippen molar-refractivity contribution < 1.29 is 47.9 Å². The zero-order chi connectivity index (χ0) is 33.8. The van der Waals surface area contributed by atoms with Crippen LogP contribution in [-0.4, -0.2) is 115 Å². The molecule has 0 aliphatic carbocycles. The third-order valence-electron chi connectivity index (χ3n) is 5.99. The van der Waals surface area contributed by atoms with Crippen molar-refractivity contribution in [2.75, 3.05) is 45.9 Å². The first-order valence-corrected chi connectivity index (χ1v) is 14.4. The highest BCUT2D eigenvalue weighted by molar-refractivity contribution is 6.13. The number of hydrogen-bond acceptors (Lipinski definition) is 10. The van der Waals surface area contributed by atoms with Crippen molar-refractivity contribution in [1.82, 2.24) is 31.1 Å². The molecule has 2 heterocycles. The van der Waals surface area contributed by atoms with Gasteiger partial charge >= 0.3 is 0 Å². The maximum Gasteiger partial charge on any atom is 0.253 e. The maximum absolute atomic E-state index is 12.1. The van der Waals surface area contributed by atoms with Crippen LogP contribution in [0.3, 0.4) is 0 Å². The Morgan fingerprint density at radius 3 is 1.60 bits per heavy atom. The molecule has 0 fully saturated rings. The molecule has 0 saturated carbocycles. The molecule has 0 radical (unpaired) electrons. The van der Waals surface area contributed by atoms with E-state index in [-0.39, 0.29) is 94.4 Å². The molecule has 0 aromatic heterocycles. The van der Waals surface area contributed by atoms with E-state index in [0.717, 1.165) is 22.0 Å². The van der Waals surface area contributed by atoms with Crippen molar-refractivity contribution >= 4 is 53.2 Å². The minimum absolute atomic E-state index is 0.0271. The summed E-state index contributed by atoms with van der Waals surface area (Å²) in [6.07, 6.45) is 4.57. The smallest absolute Gasteiger partial charge is 0.253 e. The van der Waals surface area contributed by atoms with Gasteiger partial charge in [-0.15, -0.1) is 0 Å². The van der Waals surface area contributed by atoms with Gasteiger partial charge in [0.1, 0.15) is 0 Å². The number of carbonyl (C=O) groups excluding carboxylic acids is 9. The Bertz CT molecular complexity index is 1150. The number of nitrogens with zero attached hydrogens (tertiary/aromatic N) is 2. The Morgan fingerprint density at radius 1 is 0.689 bits per heavy atom. The van der Waals surface area contributed by atoms with E-state index in [1.54, 1.807) is 6.92 Å². The number of primary amides is 1. The van der Waals surface area contributed by atoms with Gasteiger partial charge in [-0.05, 0) is 13.8 Å². The van der Waals surface area contributed by atoms with Gasteiger partial charge in [0.05, 0.1) is 6.61 Å². The van der Waals surface area contributed by atoms with Crippen LogP contribution in [0.2, 0.25) is 0 Å². The molecule has 0 saturated heterocycles. The van der Waals surface area contributed by atoms with Gasteiger partial charge in [-0.3, -0.25) is 53.0 Å². The van der Waals surface area contributed by atoms with Crippen molar-refractivity contribution in [2.45, 2.75) is 52.0 Å². The van der Waals surface area contributed by atoms with Crippen LogP contribution in [0, 0.1) is 0 Å². The van der Waals surface area contributed by atoms with E-state index in [1.807, 2.05) is 6.92 Å². The van der Waals surface area contributed by atoms with E-state index in [4.69, 9.17) is 10.5 Å². The molecule has 0 bridgehead atoms. The van der Waals surface area contributed by atoms with Crippen molar-refractivity contribution in [2.24, 2.45) is 5.73 Å². The molecule has 248 valence electrons. The predicted molar refractivity (Wildman–Crippen MR) is 157 cm³/mol. The summed E-state index contributed by atoms with van der Waals surface area (Å²) >= 11 is 0. The molecule has 1 atom stereocenters. The lowest BCUT2D eigenvalue weighted by molar-refractivity contribution is -0.139. The highest BCUT2D eigenvalue weighted by Gasteiger charge is 2.24. The summed E-state index contributed by atoms with van der Waals surface area (Å²) in [5.41, 5.74) is 5.17. The standard InChI is InChI=1S/C19H29N5O7.C9H12N2O3/c1-2-31-10-6-16(27)23-13(11-14(20)25)12-17(28)22-8-7-21-15(26)5-9-24-18(29)3-4-19(24)30;1-2-10-7(12)5-6-11-8(13)3-4-9(11)14/h3-4,13H,2,5-12H2,1H3,(H2,20,25)(H,21,26)(H,22,28)(H,23,27);3-4H,2,5-6H2,1H3,(H,10,12). The Kier molecular flexibility index (Phi) is 17.7. The number of rotatable bonds is 19. The molecule has 9 amide bonds. The second-order valence-electron chi connectivity index (χ2n) is 9.56. The van der Waals surface area contributed by atoms with E-state index >= 15 is 0 Å². The van der Waals surface area contributed by atoms with Crippen molar-refractivity contribution in [1.29, 1.82) is 0 Å². The normalized spacial score (nSPS) is 14.2. The average Bonchev–Trinajstić information content (AvgIpc) is 3.47. The Labute approximate surface area is 260 Å². The molecule has 2 aliphatic rings. The van der Waals surface area contributed by atoms with Crippen LogP contribution >= 0.6 is 0 Å². The van der Waals surface area contributed by atoms with Gasteiger partial charge in [-0.1, -0.05) is 0 Å². The summed E-state index contributed by atoms with van der Waals surface area (Å²) in [4.78, 5) is 105. The molecule has 0 aromatic rings. The zero-order valence-corrected chi connectivity index (χ0v) is 25.4. The summed E-state index contributed by atoms with van der Waals surface area (Å²) < 4.78 is 5.08. The molecule has 45 heavy (non-hydrogen) atoms. The molecular weight excluding hydrogens is 594 g/mol. The minimum atomic E-state index is -0.745. The van der Waals surface area contributed by atoms with Gasteiger partial charge in [0.25, 0.3) is 23.6 Å². The summed E-state index contributed by atoms with van der Waals surface area (Å²) in [6.45, 7) is 5.24. The first-order valence-electron chi connectivity index (χ1n) is 14.4. The lowest BCUT2D eigenvalue weighted by Gasteiger charge is -2.17. The summed E-state index contributed by atoms with van der Waals surface area (Å²) in [6, 6.07) is -0.745. The maximum atomic E-state index is 12.1. The molecule has 0 spiro atoms. The van der Waals surface area contributed by atoms with E-state index in [0.29, 0.717) is 13.2 Å². The van der Waals surface area contributed by atoms with Gasteiger partial charge in [-0.2, -0.15) is 0 Å². The highest BCUT2D eigenvalue weighted by atomic mass is 16.5. The third-order valence-corrected chi connectivity index (χ3v) is 5.99. The van der Waals surface area contributed by atoms with E-state index in [9.17, 15) is 43.2 Å². The first kappa shape index (κ1) is 38.1. The fraction of sp³-hybridized carbons (Fsp3) is 0.536. The van der Waals surface area contributed by atoms with Gasteiger partial charge in [0, 0.05) is 102 Å². The van der Waals surface area contributed by atoms with Crippen LogP contribution in [-0.2, 0) is 47.9 Å². The van der Waals surface area contributed by atoms with E-state index < -0.39 is 29.7 Å². The second kappa shape index (κ2) is 20.9. The van der Waals surface area contributed by atoms with Gasteiger partial charge in [0.2, 0.25) is 29.5 Å². The number of carbonyl (C=O) groups is 9. The number of ether oxygens (including phenoxy) is 1. The third kappa shape index (κ3) is 15.9. The summed E-state index contributed by atoms with van der Waals surface area (Å²) in [7, 11) is 0. The van der Waals surface area contributed by atoms with Crippen molar-refractivity contribution in [3.63, 3.8) is 0 Å². The zero-order valence-electron chi connectivity index (χ0n) is 25.4. The number of nitrogens with two attached hydrogens (primary N) is 1. The van der Waals surface area contributed by atoms with Crippen molar-refractivity contribution in [3.8, 4) is 0 Å². The molecular formula is C28H41N7O10. The predicted octanol–water partition coefficient (Wildman–Crippen LogP) is -2.85. The molecule has 17 heteroatoms. The Balaban J connectivity index is 0.000000600. The fourth-order valence-electron chi connectivity index (χ4n) is 3.83. The molecule has 1 unspecified atom stereocenters. The SMILES string of the molecule is CCNC(=O)CCN1C(=O)C=CC1=O.CCOCCC(=O)NC(CC(N)=O)CC(=O)NCCNC(=O)CCN1C(=O)C=CC1=O. The van der Waals surface area contributed by atoms with Gasteiger partial charge in [0.15, 0.2) is 0 Å². The number of imide groups is 2. The molecule has 2 aliphatic heterocycles. The van der Waals surface area contributed by atoms with Crippen LogP contribution in [0.4, 0.5) is 0 Å². The van der Waals surface area contributed by atoms with Gasteiger partial charge in [-0.25, -0.2) is 0 Å². The second-order valence-corrected chi connectivity index (χ2v) is 9.56. The summed E-state index contributed by atoms with van der Waals surface area (Å²) in [5, 5.41) is 10.3. The Hall–Kier alpha value is -4.93. The molecule has 6 N–H and O–H groups in total.